The highest BCUT2D eigenvalue weighted by Gasteiger charge is 2.34. The van der Waals surface area contributed by atoms with E-state index in [4.69, 9.17) is 0 Å². The summed E-state index contributed by atoms with van der Waals surface area (Å²) in [6.07, 6.45) is -2.11. The Labute approximate surface area is 255 Å². The summed E-state index contributed by atoms with van der Waals surface area (Å²) in [4.78, 5) is 34.1. The van der Waals surface area contributed by atoms with Crippen molar-refractivity contribution in [1.29, 1.82) is 0 Å². The Morgan fingerprint density at radius 1 is 0.909 bits per heavy atom. The number of hydrogen-bond donors (Lipinski definition) is 2. The molecule has 0 aromatic heterocycles. The topological polar surface area (TPSA) is 77.0 Å². The second-order valence-electron chi connectivity index (χ2n) is 11.8. The molecule has 0 unspecified atom stereocenters. The van der Waals surface area contributed by atoms with Gasteiger partial charge in [0.1, 0.15) is 5.84 Å². The second-order valence-corrected chi connectivity index (χ2v) is 11.8. The molecule has 1 aliphatic carbocycles. The lowest BCUT2D eigenvalue weighted by molar-refractivity contribution is -0.138. The van der Waals surface area contributed by atoms with Gasteiger partial charge in [0.15, 0.2) is 0 Å². The van der Waals surface area contributed by atoms with Crippen LogP contribution < -0.4 is 10.6 Å². The van der Waals surface area contributed by atoms with Gasteiger partial charge in [-0.3, -0.25) is 19.5 Å². The van der Waals surface area contributed by atoms with E-state index < -0.39 is 17.6 Å². The van der Waals surface area contributed by atoms with Gasteiger partial charge in [-0.1, -0.05) is 43.3 Å². The molecule has 10 heteroatoms. The van der Waals surface area contributed by atoms with E-state index >= 15 is 0 Å². The van der Waals surface area contributed by atoms with Crippen molar-refractivity contribution in [3.8, 4) is 0 Å². The van der Waals surface area contributed by atoms with Crippen molar-refractivity contribution < 1.29 is 22.8 Å². The Bertz CT molecular complexity index is 1590. The summed E-state index contributed by atoms with van der Waals surface area (Å²) in [6, 6.07) is 17.2. The van der Waals surface area contributed by atoms with Crippen molar-refractivity contribution in [2.75, 3.05) is 38.0 Å². The van der Waals surface area contributed by atoms with E-state index in [1.807, 2.05) is 23.1 Å². The van der Waals surface area contributed by atoms with E-state index in [0.717, 1.165) is 73.9 Å². The molecule has 0 atom stereocenters. The number of benzene rings is 3. The van der Waals surface area contributed by atoms with Crippen LogP contribution in [0.2, 0.25) is 0 Å². The molecule has 2 N–H and O–H groups in total. The zero-order chi connectivity index (χ0) is 30.8. The zero-order valence-electron chi connectivity index (χ0n) is 24.7. The van der Waals surface area contributed by atoms with Gasteiger partial charge in [-0.15, -0.1) is 0 Å². The minimum Gasteiger partial charge on any atom is -0.322 e. The predicted molar refractivity (Wildman–Crippen MR) is 164 cm³/mol. The van der Waals surface area contributed by atoms with Crippen LogP contribution in [0.25, 0.3) is 0 Å². The molecule has 1 saturated heterocycles. The molecular formula is C34H36F3N5O2. The molecule has 3 aromatic rings. The lowest BCUT2D eigenvalue weighted by Crippen LogP contribution is -2.45. The first-order chi connectivity index (χ1) is 21.2. The minimum atomic E-state index is -4.54. The highest BCUT2D eigenvalue weighted by Crippen LogP contribution is 2.35. The largest absolute Gasteiger partial charge is 0.416 e. The fraction of sp³-hybridized carbons (Fsp3) is 0.382. The maximum absolute atomic E-state index is 14.0. The van der Waals surface area contributed by atoms with E-state index in [9.17, 15) is 22.8 Å². The van der Waals surface area contributed by atoms with Crippen molar-refractivity contribution in [3.63, 3.8) is 0 Å². The molecule has 7 nitrogen and oxygen atoms in total. The minimum absolute atomic E-state index is 0.0300. The molecule has 0 spiro atoms. The van der Waals surface area contributed by atoms with Crippen LogP contribution in [0.1, 0.15) is 63.5 Å². The number of amidine groups is 1. The third kappa shape index (κ3) is 7.03. The Morgan fingerprint density at radius 3 is 2.39 bits per heavy atom. The number of nitrogens with zero attached hydrogens (tertiary/aromatic N) is 3. The number of carbonyl (C=O) groups excluding carboxylic acids is 2. The summed E-state index contributed by atoms with van der Waals surface area (Å²) in [5.41, 5.74) is 3.85. The first-order valence-electron chi connectivity index (χ1n) is 15.2. The van der Waals surface area contributed by atoms with Crippen LogP contribution in [0.5, 0.6) is 0 Å². The third-order valence-electron chi connectivity index (χ3n) is 8.60. The first-order valence-corrected chi connectivity index (χ1v) is 15.2. The molecular weight excluding hydrogens is 567 g/mol. The Kier molecular flexibility index (Phi) is 8.55. The molecule has 230 valence electrons. The van der Waals surface area contributed by atoms with Gasteiger partial charge in [0.05, 0.1) is 12.1 Å². The summed E-state index contributed by atoms with van der Waals surface area (Å²) in [7, 11) is 0. The lowest BCUT2D eigenvalue weighted by Gasteiger charge is -2.34. The maximum Gasteiger partial charge on any atom is 0.416 e. The lowest BCUT2D eigenvalue weighted by atomic mass is 9.98. The molecule has 2 amide bonds. The van der Waals surface area contributed by atoms with Crippen molar-refractivity contribution in [1.82, 2.24) is 15.1 Å². The third-order valence-corrected chi connectivity index (χ3v) is 8.60. The number of carbonyl (C=O) groups is 2. The average Bonchev–Trinajstić information content (AvgIpc) is 3.80. The van der Waals surface area contributed by atoms with E-state index in [0.29, 0.717) is 24.4 Å². The molecule has 2 fully saturated rings. The fourth-order valence-electron chi connectivity index (χ4n) is 5.86. The van der Waals surface area contributed by atoms with E-state index in [1.54, 1.807) is 24.3 Å². The number of halogens is 3. The normalized spacial score (nSPS) is 17.2. The number of nitrogens with one attached hydrogen (secondary N) is 2. The standard InChI is InChI=1S/C34H36F3N5O2/c1-2-41-12-14-42(15-13-41)21-26-9-10-28(19-30(26)34(35,36)37)39-33(44)25-5-3-4-22(17-25)16-23-6-11-29-27(18-23)20-38-31(29)40-32(43)24-7-8-24/h3-6,9-11,17-19,24H,2,7-8,12-16,20-21H2,1H3,(H,39,44)(H,38,40,43). The first kappa shape index (κ1) is 30.0. The predicted octanol–water partition coefficient (Wildman–Crippen LogP) is 5.47. The zero-order valence-corrected chi connectivity index (χ0v) is 24.7. The van der Waals surface area contributed by atoms with E-state index in [-0.39, 0.29) is 29.6 Å². The number of amides is 2. The molecule has 3 aliphatic rings. The number of rotatable bonds is 8. The Balaban J connectivity index is 1.11. The van der Waals surface area contributed by atoms with Gasteiger partial charge in [-0.05, 0) is 72.3 Å². The molecule has 2 aliphatic heterocycles. The van der Waals surface area contributed by atoms with Crippen LogP contribution in [-0.2, 0) is 30.5 Å². The van der Waals surface area contributed by atoms with E-state index in [1.165, 1.54) is 6.07 Å². The summed E-state index contributed by atoms with van der Waals surface area (Å²) in [5, 5.41) is 5.61. The molecule has 6 rings (SSSR count). The summed E-state index contributed by atoms with van der Waals surface area (Å²) >= 11 is 0. The van der Waals surface area contributed by atoms with Gasteiger partial charge in [0.2, 0.25) is 5.91 Å². The van der Waals surface area contributed by atoms with Crippen molar-refractivity contribution in [2.24, 2.45) is 10.9 Å². The molecule has 1 saturated carbocycles. The second kappa shape index (κ2) is 12.5. The number of hydrogen-bond acceptors (Lipinski definition) is 5. The number of alkyl halides is 3. The number of likely N-dealkylation sites (N-methyl/N-ethyl adjacent to an activating group) is 1. The molecule has 0 radical (unpaired) electrons. The Hall–Kier alpha value is -4.02. The van der Waals surface area contributed by atoms with Gasteiger partial charge in [0, 0.05) is 55.5 Å². The van der Waals surface area contributed by atoms with Crippen LogP contribution in [0.3, 0.4) is 0 Å². The monoisotopic (exact) mass is 603 g/mol. The summed E-state index contributed by atoms with van der Waals surface area (Å²) in [6.45, 7) is 6.86. The summed E-state index contributed by atoms with van der Waals surface area (Å²) in [5.74, 6) is 0.288. The molecule has 3 aromatic carbocycles. The van der Waals surface area contributed by atoms with Crippen LogP contribution in [0, 0.1) is 5.92 Å². The molecule has 2 heterocycles. The van der Waals surface area contributed by atoms with Crippen LogP contribution in [0.4, 0.5) is 18.9 Å². The van der Waals surface area contributed by atoms with Crippen molar-refractivity contribution in [2.45, 2.75) is 45.5 Å². The van der Waals surface area contributed by atoms with Gasteiger partial charge < -0.3 is 15.5 Å². The Morgan fingerprint density at radius 2 is 1.66 bits per heavy atom. The number of piperazine rings is 1. The highest BCUT2D eigenvalue weighted by atomic mass is 19.4. The molecule has 0 bridgehead atoms. The smallest absolute Gasteiger partial charge is 0.322 e. The van der Waals surface area contributed by atoms with Crippen LogP contribution >= 0.6 is 0 Å². The van der Waals surface area contributed by atoms with Gasteiger partial charge in [-0.25, -0.2) is 0 Å². The number of aliphatic imine (C=N–C) groups is 1. The van der Waals surface area contributed by atoms with Gasteiger partial charge in [0.25, 0.3) is 5.91 Å². The van der Waals surface area contributed by atoms with E-state index in [2.05, 4.69) is 33.5 Å². The van der Waals surface area contributed by atoms with Crippen molar-refractivity contribution in [3.05, 3.63) is 99.6 Å². The van der Waals surface area contributed by atoms with Gasteiger partial charge in [-0.2, -0.15) is 13.2 Å². The summed E-state index contributed by atoms with van der Waals surface area (Å²) < 4.78 is 42.1. The molecule has 44 heavy (non-hydrogen) atoms. The van der Waals surface area contributed by atoms with Crippen LogP contribution in [0.15, 0.2) is 65.7 Å². The maximum atomic E-state index is 14.0. The van der Waals surface area contributed by atoms with Gasteiger partial charge >= 0.3 is 6.18 Å². The van der Waals surface area contributed by atoms with Crippen LogP contribution in [-0.4, -0.2) is 60.2 Å². The highest BCUT2D eigenvalue weighted by molar-refractivity contribution is 6.10. The average molecular weight is 604 g/mol. The van der Waals surface area contributed by atoms with Crippen molar-refractivity contribution >= 4 is 23.3 Å². The SMILES string of the molecule is CCN1CCN(Cc2ccc(NC(=O)c3cccc(Cc4ccc5c(c4)CN=C5NC(=O)C4CC4)c3)cc2C(F)(F)F)CC1. The quantitative estimate of drug-likeness (QED) is 0.358. The number of anilines is 1. The number of fused-ring (bicyclic) bond motifs is 1. The fourth-order valence-corrected chi connectivity index (χ4v) is 5.86.